The predicted octanol–water partition coefficient (Wildman–Crippen LogP) is 2.16. The number of nitrogens with one attached hydrogen (secondary N) is 3. The first-order chi connectivity index (χ1) is 15.9. The summed E-state index contributed by atoms with van der Waals surface area (Å²) < 4.78 is 4.62. The van der Waals surface area contributed by atoms with Crippen LogP contribution in [0, 0.1) is 17.8 Å². The number of hydrogen-bond donors (Lipinski definition) is 3. The number of rotatable bonds is 8. The van der Waals surface area contributed by atoms with E-state index >= 15 is 0 Å². The first-order valence-corrected chi connectivity index (χ1v) is 11.0. The molecule has 0 radical (unpaired) electrons. The van der Waals surface area contributed by atoms with Crippen molar-refractivity contribution < 1.29 is 19.1 Å². The second-order valence-electron chi connectivity index (χ2n) is 8.01. The van der Waals surface area contributed by atoms with Gasteiger partial charge in [0, 0.05) is 42.4 Å². The molecule has 2 aromatic carbocycles. The van der Waals surface area contributed by atoms with Crippen LogP contribution in [0.2, 0.25) is 0 Å². The van der Waals surface area contributed by atoms with Crippen LogP contribution in [0.5, 0.6) is 0 Å². The molecule has 2 amide bonds. The third-order valence-corrected chi connectivity index (χ3v) is 5.49. The molecule has 2 unspecified atom stereocenters. The van der Waals surface area contributed by atoms with Gasteiger partial charge in [0.15, 0.2) is 5.92 Å². The highest BCUT2D eigenvalue weighted by Gasteiger charge is 2.27. The van der Waals surface area contributed by atoms with Crippen molar-refractivity contribution in [1.29, 1.82) is 0 Å². The van der Waals surface area contributed by atoms with Crippen LogP contribution in [-0.4, -0.2) is 44.5 Å². The van der Waals surface area contributed by atoms with E-state index in [0.717, 1.165) is 11.1 Å². The van der Waals surface area contributed by atoms with E-state index in [1.54, 1.807) is 24.3 Å². The molecule has 33 heavy (non-hydrogen) atoms. The smallest absolute Gasteiger partial charge is 0.320 e. The highest BCUT2D eigenvalue weighted by molar-refractivity contribution is 5.99. The fraction of sp³-hybridized carbons (Fsp3) is 0.346. The van der Waals surface area contributed by atoms with Crippen LogP contribution in [0.1, 0.15) is 52.9 Å². The van der Waals surface area contributed by atoms with Crippen LogP contribution in [0.4, 0.5) is 0 Å². The Kier molecular flexibility index (Phi) is 8.22. The number of carbonyl (C=O) groups is 3. The van der Waals surface area contributed by atoms with E-state index < -0.39 is 23.7 Å². The molecule has 1 aliphatic rings. The molecule has 0 bridgehead atoms. The van der Waals surface area contributed by atoms with Gasteiger partial charge >= 0.3 is 5.97 Å². The quantitative estimate of drug-likeness (QED) is 0.327. The molecule has 2 aromatic rings. The van der Waals surface area contributed by atoms with Gasteiger partial charge in [0.2, 0.25) is 5.91 Å². The Morgan fingerprint density at radius 3 is 2.09 bits per heavy atom. The van der Waals surface area contributed by atoms with Gasteiger partial charge in [-0.25, -0.2) is 0 Å². The fourth-order valence-corrected chi connectivity index (χ4v) is 3.30. The van der Waals surface area contributed by atoms with Gasteiger partial charge in [-0.15, -0.1) is 0 Å². The Morgan fingerprint density at radius 1 is 1.00 bits per heavy atom. The average Bonchev–Trinajstić information content (AvgIpc) is 3.66. The summed E-state index contributed by atoms with van der Waals surface area (Å²) >= 11 is 0. The summed E-state index contributed by atoms with van der Waals surface area (Å²) in [6.07, 6.45) is 2.52. The SMILES string of the molecule is CNC(=O)C(CNC(=O)c1ccc(C#Cc2ccc(C(C)NC3CC3)cc2)cc1)C(=O)OC. The van der Waals surface area contributed by atoms with E-state index in [-0.39, 0.29) is 6.54 Å². The zero-order valence-corrected chi connectivity index (χ0v) is 19.1. The molecule has 1 saturated carbocycles. The maximum atomic E-state index is 12.4. The van der Waals surface area contributed by atoms with Gasteiger partial charge in [-0.2, -0.15) is 0 Å². The van der Waals surface area contributed by atoms with Crippen LogP contribution in [0.15, 0.2) is 48.5 Å². The molecule has 1 aliphatic carbocycles. The van der Waals surface area contributed by atoms with Gasteiger partial charge in [-0.05, 0) is 61.7 Å². The second kappa shape index (κ2) is 11.3. The average molecular weight is 448 g/mol. The van der Waals surface area contributed by atoms with Crippen LogP contribution in [-0.2, 0) is 14.3 Å². The van der Waals surface area contributed by atoms with Crippen molar-refractivity contribution >= 4 is 17.8 Å². The van der Waals surface area contributed by atoms with E-state index in [1.807, 2.05) is 12.1 Å². The minimum absolute atomic E-state index is 0.155. The molecule has 0 heterocycles. The zero-order chi connectivity index (χ0) is 23.8. The number of ether oxygens (including phenoxy) is 1. The van der Waals surface area contributed by atoms with Crippen molar-refractivity contribution in [2.24, 2.45) is 5.92 Å². The summed E-state index contributed by atoms with van der Waals surface area (Å²) in [5.41, 5.74) is 3.34. The van der Waals surface area contributed by atoms with Gasteiger partial charge in [0.05, 0.1) is 7.11 Å². The van der Waals surface area contributed by atoms with Gasteiger partial charge in [-0.3, -0.25) is 14.4 Å². The van der Waals surface area contributed by atoms with Crippen molar-refractivity contribution in [3.8, 4) is 11.8 Å². The van der Waals surface area contributed by atoms with Crippen molar-refractivity contribution in [2.75, 3.05) is 20.7 Å². The van der Waals surface area contributed by atoms with Crippen molar-refractivity contribution in [3.05, 3.63) is 70.8 Å². The Labute approximate surface area is 194 Å². The summed E-state index contributed by atoms with van der Waals surface area (Å²) in [6, 6.07) is 16.0. The van der Waals surface area contributed by atoms with E-state index in [1.165, 1.54) is 32.6 Å². The van der Waals surface area contributed by atoms with Gasteiger partial charge in [0.1, 0.15) is 0 Å². The Balaban J connectivity index is 1.56. The lowest BCUT2D eigenvalue weighted by atomic mass is 10.1. The summed E-state index contributed by atoms with van der Waals surface area (Å²) in [5, 5.41) is 8.56. The molecule has 0 aromatic heterocycles. The third-order valence-electron chi connectivity index (χ3n) is 5.49. The number of hydrogen-bond acceptors (Lipinski definition) is 5. The van der Waals surface area contributed by atoms with Crippen LogP contribution >= 0.6 is 0 Å². The summed E-state index contributed by atoms with van der Waals surface area (Å²) in [5.74, 6) is 3.52. The maximum Gasteiger partial charge on any atom is 0.320 e. The minimum Gasteiger partial charge on any atom is -0.468 e. The molecule has 3 N–H and O–H groups in total. The first-order valence-electron chi connectivity index (χ1n) is 11.0. The van der Waals surface area contributed by atoms with E-state index in [0.29, 0.717) is 17.6 Å². The summed E-state index contributed by atoms with van der Waals surface area (Å²) in [4.78, 5) is 35.9. The van der Waals surface area contributed by atoms with E-state index in [9.17, 15) is 14.4 Å². The number of benzene rings is 2. The molecule has 3 rings (SSSR count). The number of methoxy groups -OCH3 is 1. The molecule has 1 fully saturated rings. The molecule has 2 atom stereocenters. The molecule has 0 aliphatic heterocycles. The van der Waals surface area contributed by atoms with Crippen LogP contribution in [0.3, 0.4) is 0 Å². The topological polar surface area (TPSA) is 96.5 Å². The standard InChI is InChI=1S/C26H29N3O4/c1-17(29-22-14-15-22)20-10-6-18(7-11-20)4-5-19-8-12-21(13-9-19)24(30)28-16-23(25(31)27-2)26(32)33-3/h6-13,17,22-23,29H,14-16H2,1-3H3,(H,27,31)(H,28,30). The Bertz CT molecular complexity index is 1030. The summed E-state index contributed by atoms with van der Waals surface area (Å²) in [6.45, 7) is 2.02. The van der Waals surface area contributed by atoms with E-state index in [4.69, 9.17) is 0 Å². The molecule has 7 heteroatoms. The lowest BCUT2D eigenvalue weighted by Crippen LogP contribution is -2.42. The van der Waals surface area contributed by atoms with Crippen LogP contribution < -0.4 is 16.0 Å². The van der Waals surface area contributed by atoms with Gasteiger partial charge < -0.3 is 20.7 Å². The lowest BCUT2D eigenvalue weighted by Gasteiger charge is -2.14. The molecule has 0 saturated heterocycles. The van der Waals surface area contributed by atoms with Crippen LogP contribution in [0.25, 0.3) is 0 Å². The largest absolute Gasteiger partial charge is 0.468 e. The summed E-state index contributed by atoms with van der Waals surface area (Å²) in [7, 11) is 2.61. The Hall–Kier alpha value is -3.63. The lowest BCUT2D eigenvalue weighted by molar-refractivity contribution is -0.149. The normalized spacial score (nSPS) is 14.3. The van der Waals surface area contributed by atoms with Gasteiger partial charge in [0.25, 0.3) is 5.91 Å². The number of esters is 1. The maximum absolute atomic E-state index is 12.4. The van der Waals surface area contributed by atoms with Crippen molar-refractivity contribution in [1.82, 2.24) is 16.0 Å². The molecule has 0 spiro atoms. The minimum atomic E-state index is -1.10. The third kappa shape index (κ3) is 6.93. The molecule has 7 nitrogen and oxygen atoms in total. The molecular formula is C26H29N3O4. The van der Waals surface area contributed by atoms with Crippen molar-refractivity contribution in [2.45, 2.75) is 31.8 Å². The fourth-order valence-electron chi connectivity index (χ4n) is 3.30. The molecule has 172 valence electrons. The Morgan fingerprint density at radius 2 is 1.58 bits per heavy atom. The van der Waals surface area contributed by atoms with Crippen molar-refractivity contribution in [3.63, 3.8) is 0 Å². The number of carbonyl (C=O) groups excluding carboxylic acids is 3. The highest BCUT2D eigenvalue weighted by Crippen LogP contribution is 2.24. The molecular weight excluding hydrogens is 418 g/mol. The predicted molar refractivity (Wildman–Crippen MR) is 125 cm³/mol. The second-order valence-corrected chi connectivity index (χ2v) is 8.01. The highest BCUT2D eigenvalue weighted by atomic mass is 16.5. The zero-order valence-electron chi connectivity index (χ0n) is 19.1. The monoisotopic (exact) mass is 447 g/mol. The number of amides is 2. The first kappa shape index (κ1) is 24.0. The van der Waals surface area contributed by atoms with Gasteiger partial charge in [-0.1, -0.05) is 24.0 Å². The van der Waals surface area contributed by atoms with E-state index in [2.05, 4.69) is 51.6 Å².